The van der Waals surface area contributed by atoms with Crippen molar-refractivity contribution in [2.45, 2.75) is 6.42 Å². The van der Waals surface area contributed by atoms with Crippen LogP contribution in [0.25, 0.3) is 10.1 Å². The van der Waals surface area contributed by atoms with Crippen LogP contribution < -0.4 is 0 Å². The smallest absolute Gasteiger partial charge is 0.0355 e. The Hall–Kier alpha value is -0.910. The third-order valence-corrected chi connectivity index (χ3v) is 3.06. The van der Waals surface area contributed by atoms with Crippen molar-refractivity contribution < 1.29 is 0 Å². The van der Waals surface area contributed by atoms with Gasteiger partial charge in [-0.05, 0) is 23.6 Å². The molecule has 0 fully saturated rings. The van der Waals surface area contributed by atoms with Crippen LogP contribution >= 0.6 is 24.0 Å². The molecule has 0 unspecified atom stereocenters. The summed E-state index contributed by atoms with van der Waals surface area (Å²) in [5, 5.41) is 3.37. The van der Waals surface area contributed by atoms with E-state index in [-0.39, 0.29) is 0 Å². The minimum absolute atomic E-state index is 0.826. The molecule has 1 aromatic heterocycles. The highest BCUT2D eigenvalue weighted by Crippen LogP contribution is 2.23. The van der Waals surface area contributed by atoms with E-state index in [2.05, 4.69) is 54.1 Å². The van der Waals surface area contributed by atoms with Gasteiger partial charge in [0.1, 0.15) is 0 Å². The van der Waals surface area contributed by atoms with E-state index in [0.29, 0.717) is 0 Å². The van der Waals surface area contributed by atoms with Crippen LogP contribution in [0.4, 0.5) is 0 Å². The van der Waals surface area contributed by atoms with Crippen molar-refractivity contribution in [3.05, 3.63) is 35.2 Å². The number of thiol groups is 1. The van der Waals surface area contributed by atoms with Crippen LogP contribution in [0.1, 0.15) is 12.0 Å². The van der Waals surface area contributed by atoms with Crippen molar-refractivity contribution in [1.29, 1.82) is 0 Å². The number of thiophene rings is 1. The highest BCUT2D eigenvalue weighted by Gasteiger charge is 1.97. The monoisotopic (exact) mass is 218 g/mol. The summed E-state index contributed by atoms with van der Waals surface area (Å²) in [5.74, 6) is 7.12. The van der Waals surface area contributed by atoms with Crippen molar-refractivity contribution in [3.8, 4) is 11.8 Å². The number of fused-ring (bicyclic) bond motifs is 1. The number of rotatable bonds is 1. The molecule has 2 rings (SSSR count). The Balaban J connectivity index is 2.43. The van der Waals surface area contributed by atoms with Crippen molar-refractivity contribution >= 4 is 34.1 Å². The fourth-order valence-electron chi connectivity index (χ4n) is 1.32. The number of hydrogen-bond donors (Lipinski definition) is 1. The molecule has 0 spiro atoms. The fourth-order valence-corrected chi connectivity index (χ4v) is 2.24. The molecule has 0 aliphatic carbocycles. The second-order valence-corrected chi connectivity index (χ2v) is 4.31. The lowest BCUT2D eigenvalue weighted by molar-refractivity contribution is 1.31. The van der Waals surface area contributed by atoms with Gasteiger partial charge in [0.15, 0.2) is 0 Å². The third-order valence-electron chi connectivity index (χ3n) is 1.96. The average molecular weight is 218 g/mol. The summed E-state index contributed by atoms with van der Waals surface area (Å²) in [5.41, 5.74) is 1.13. The standard InChI is InChI=1S/C12H10S2/c13-8-2-1-4-10-5-3-6-12-11(10)7-9-14-12/h3,5-7,9,13H,2,8H2. The van der Waals surface area contributed by atoms with Crippen molar-refractivity contribution in [2.75, 3.05) is 5.75 Å². The van der Waals surface area contributed by atoms with Crippen molar-refractivity contribution in [2.24, 2.45) is 0 Å². The largest absolute Gasteiger partial charge is 0.178 e. The maximum absolute atomic E-state index is 4.13. The van der Waals surface area contributed by atoms with Crippen LogP contribution in [0.3, 0.4) is 0 Å². The molecule has 0 aliphatic rings. The first-order valence-electron chi connectivity index (χ1n) is 4.48. The Bertz CT molecular complexity index is 485. The van der Waals surface area contributed by atoms with Crippen LogP contribution in [0.5, 0.6) is 0 Å². The van der Waals surface area contributed by atoms with Gasteiger partial charge in [0.2, 0.25) is 0 Å². The maximum Gasteiger partial charge on any atom is 0.0355 e. The summed E-state index contributed by atoms with van der Waals surface area (Å²) in [7, 11) is 0. The van der Waals surface area contributed by atoms with E-state index in [4.69, 9.17) is 0 Å². The molecule has 1 aromatic carbocycles. The molecule has 2 heteroatoms. The van der Waals surface area contributed by atoms with E-state index in [0.717, 1.165) is 17.7 Å². The van der Waals surface area contributed by atoms with Gasteiger partial charge in [-0.3, -0.25) is 0 Å². The van der Waals surface area contributed by atoms with Gasteiger partial charge in [-0.1, -0.05) is 17.9 Å². The van der Waals surface area contributed by atoms with Gasteiger partial charge in [0.25, 0.3) is 0 Å². The zero-order valence-electron chi connectivity index (χ0n) is 7.66. The third kappa shape index (κ3) is 1.95. The molecule has 14 heavy (non-hydrogen) atoms. The van der Waals surface area contributed by atoms with Gasteiger partial charge >= 0.3 is 0 Å². The lowest BCUT2D eigenvalue weighted by atomic mass is 10.1. The highest BCUT2D eigenvalue weighted by atomic mass is 32.1. The average Bonchev–Trinajstić information content (AvgIpc) is 2.67. The van der Waals surface area contributed by atoms with E-state index in [9.17, 15) is 0 Å². The molecule has 0 radical (unpaired) electrons. The molecule has 0 bridgehead atoms. The molecule has 0 nitrogen and oxygen atoms in total. The normalized spacial score (nSPS) is 9.79. The van der Waals surface area contributed by atoms with E-state index in [1.807, 2.05) is 0 Å². The Morgan fingerprint density at radius 2 is 2.21 bits per heavy atom. The summed E-state index contributed by atoms with van der Waals surface area (Å²) in [6, 6.07) is 8.39. The zero-order valence-corrected chi connectivity index (χ0v) is 9.37. The molecule has 0 amide bonds. The van der Waals surface area contributed by atoms with E-state index in [1.54, 1.807) is 11.3 Å². The SMILES string of the molecule is SCCC#Cc1cccc2sccc12. The lowest BCUT2D eigenvalue weighted by Crippen LogP contribution is -1.75. The second kappa shape index (κ2) is 4.54. The molecule has 0 saturated carbocycles. The van der Waals surface area contributed by atoms with Gasteiger partial charge in [-0.15, -0.1) is 11.3 Å². The van der Waals surface area contributed by atoms with Gasteiger partial charge in [-0.25, -0.2) is 0 Å². The van der Waals surface area contributed by atoms with E-state index >= 15 is 0 Å². The Labute approximate surface area is 93.4 Å². The summed E-state index contributed by atoms with van der Waals surface area (Å²) < 4.78 is 1.31. The van der Waals surface area contributed by atoms with Crippen LogP contribution in [-0.2, 0) is 0 Å². The second-order valence-electron chi connectivity index (χ2n) is 2.91. The predicted octanol–water partition coefficient (Wildman–Crippen LogP) is 3.57. The van der Waals surface area contributed by atoms with Crippen LogP contribution in [0.2, 0.25) is 0 Å². The molecule has 2 aromatic rings. The van der Waals surface area contributed by atoms with Crippen molar-refractivity contribution in [1.82, 2.24) is 0 Å². The van der Waals surface area contributed by atoms with Crippen LogP contribution in [0, 0.1) is 11.8 Å². The molecule has 0 aliphatic heterocycles. The van der Waals surface area contributed by atoms with E-state index < -0.39 is 0 Å². The molecule has 0 saturated heterocycles. The molecule has 0 N–H and O–H groups in total. The van der Waals surface area contributed by atoms with Gasteiger partial charge in [0.05, 0.1) is 0 Å². The summed E-state index contributed by atoms with van der Waals surface area (Å²) in [6.07, 6.45) is 0.851. The molecular formula is C12H10S2. The maximum atomic E-state index is 4.13. The topological polar surface area (TPSA) is 0 Å². The number of hydrogen-bond acceptors (Lipinski definition) is 2. The lowest BCUT2D eigenvalue weighted by Gasteiger charge is -1.92. The fraction of sp³-hybridized carbons (Fsp3) is 0.167. The summed E-state index contributed by atoms with van der Waals surface area (Å²) in [4.78, 5) is 0. The Kier molecular flexibility index (Phi) is 3.13. The minimum atomic E-state index is 0.826. The van der Waals surface area contributed by atoms with E-state index in [1.165, 1.54) is 10.1 Å². The summed E-state index contributed by atoms with van der Waals surface area (Å²) in [6.45, 7) is 0. The first kappa shape index (κ1) is 9.64. The Morgan fingerprint density at radius 1 is 1.29 bits per heavy atom. The molecule has 70 valence electrons. The predicted molar refractivity (Wildman–Crippen MR) is 67.2 cm³/mol. The minimum Gasteiger partial charge on any atom is -0.178 e. The van der Waals surface area contributed by atoms with Crippen LogP contribution in [-0.4, -0.2) is 5.75 Å². The quantitative estimate of drug-likeness (QED) is 0.549. The zero-order chi connectivity index (χ0) is 9.80. The molecule has 0 atom stereocenters. The first-order valence-corrected chi connectivity index (χ1v) is 5.99. The van der Waals surface area contributed by atoms with Gasteiger partial charge < -0.3 is 0 Å². The molecule has 1 heterocycles. The molecular weight excluding hydrogens is 208 g/mol. The summed E-state index contributed by atoms with van der Waals surface area (Å²) >= 11 is 5.89. The first-order chi connectivity index (χ1) is 6.92. The van der Waals surface area contributed by atoms with Gasteiger partial charge in [0, 0.05) is 27.8 Å². The highest BCUT2D eigenvalue weighted by molar-refractivity contribution is 7.80. The number of benzene rings is 1. The Morgan fingerprint density at radius 3 is 3.07 bits per heavy atom. The van der Waals surface area contributed by atoms with Crippen molar-refractivity contribution in [3.63, 3.8) is 0 Å². The van der Waals surface area contributed by atoms with Gasteiger partial charge in [-0.2, -0.15) is 12.6 Å². The van der Waals surface area contributed by atoms with Crippen LogP contribution in [0.15, 0.2) is 29.6 Å².